The minimum Gasteiger partial charge on any atom is -0.388 e. The van der Waals surface area contributed by atoms with Crippen molar-refractivity contribution >= 4 is 0 Å². The lowest BCUT2D eigenvalue weighted by molar-refractivity contribution is -0.140. The highest BCUT2D eigenvalue weighted by atomic mass is 16.5. The highest BCUT2D eigenvalue weighted by molar-refractivity contribution is 5.21. The summed E-state index contributed by atoms with van der Waals surface area (Å²) in [4.78, 5) is 0. The summed E-state index contributed by atoms with van der Waals surface area (Å²) in [6.07, 6.45) is 3.91. The molecule has 0 aromatic heterocycles. The fourth-order valence-corrected chi connectivity index (χ4v) is 3.58. The van der Waals surface area contributed by atoms with E-state index in [4.69, 9.17) is 9.47 Å². The second kappa shape index (κ2) is 3.43. The number of aliphatic hydroxyl groups is 1. The molecule has 0 radical (unpaired) electrons. The van der Waals surface area contributed by atoms with Gasteiger partial charge in [-0.25, -0.2) is 0 Å². The monoisotopic (exact) mass is 223 g/mol. The van der Waals surface area contributed by atoms with Crippen molar-refractivity contribution in [3.05, 3.63) is 0 Å². The summed E-state index contributed by atoms with van der Waals surface area (Å²) in [5.74, 6) is 0. The lowest BCUT2D eigenvalue weighted by Crippen LogP contribution is -2.55. The van der Waals surface area contributed by atoms with Crippen molar-refractivity contribution < 1.29 is 14.6 Å². The van der Waals surface area contributed by atoms with Gasteiger partial charge in [-0.05, 0) is 19.3 Å². The number of hydrogen-bond donors (Lipinski definition) is 1. The highest BCUT2D eigenvalue weighted by Crippen LogP contribution is 2.55. The number of hydrogen-bond acceptors (Lipinski definition) is 4. The molecule has 3 fully saturated rings. The molecule has 0 aromatic carbocycles. The maximum Gasteiger partial charge on any atom is 0.115 e. The van der Waals surface area contributed by atoms with Gasteiger partial charge < -0.3 is 14.6 Å². The zero-order chi connectivity index (χ0) is 11.2. The van der Waals surface area contributed by atoms with Crippen LogP contribution in [0.4, 0.5) is 0 Å². The molecule has 16 heavy (non-hydrogen) atoms. The molecule has 3 heterocycles. The lowest BCUT2D eigenvalue weighted by Gasteiger charge is -2.45. The average Bonchev–Trinajstić information content (AvgIpc) is 2.90. The fraction of sp³-hybridized carbons (Fsp3) is 0.917. The van der Waals surface area contributed by atoms with Crippen molar-refractivity contribution in [1.29, 1.82) is 5.26 Å². The first-order valence-corrected chi connectivity index (χ1v) is 6.07. The van der Waals surface area contributed by atoms with E-state index in [0.717, 1.165) is 12.8 Å². The van der Waals surface area contributed by atoms with Crippen LogP contribution < -0.4 is 0 Å². The van der Waals surface area contributed by atoms with Gasteiger partial charge in [0.05, 0.1) is 23.9 Å². The standard InChI is InChI=1S/C12H17NO3/c13-8-11(7-9-1-2-10(11)16-9)12(14)3-5-15-6-4-12/h9-10,14H,1-7H2. The molecule has 3 rings (SSSR count). The molecule has 4 heteroatoms. The van der Waals surface area contributed by atoms with Gasteiger partial charge in [0.1, 0.15) is 5.41 Å². The van der Waals surface area contributed by atoms with Crippen molar-refractivity contribution in [3.8, 4) is 6.07 Å². The predicted octanol–water partition coefficient (Wildman–Crippen LogP) is 0.989. The van der Waals surface area contributed by atoms with E-state index in [1.807, 2.05) is 0 Å². The van der Waals surface area contributed by atoms with Crippen molar-refractivity contribution in [1.82, 2.24) is 0 Å². The van der Waals surface area contributed by atoms with Crippen LogP contribution in [-0.4, -0.2) is 36.1 Å². The van der Waals surface area contributed by atoms with E-state index in [0.29, 0.717) is 32.5 Å². The number of nitriles is 1. The number of rotatable bonds is 1. The molecule has 0 aromatic rings. The van der Waals surface area contributed by atoms with Gasteiger partial charge >= 0.3 is 0 Å². The van der Waals surface area contributed by atoms with Crippen LogP contribution in [0.3, 0.4) is 0 Å². The van der Waals surface area contributed by atoms with E-state index in [1.165, 1.54) is 0 Å². The summed E-state index contributed by atoms with van der Waals surface area (Å²) in [5, 5.41) is 20.3. The van der Waals surface area contributed by atoms with Crippen molar-refractivity contribution in [2.45, 2.75) is 49.9 Å². The molecule has 0 aliphatic carbocycles. The van der Waals surface area contributed by atoms with E-state index in [2.05, 4.69) is 6.07 Å². The van der Waals surface area contributed by atoms with Crippen LogP contribution in [0, 0.1) is 16.7 Å². The Kier molecular flexibility index (Phi) is 2.25. The van der Waals surface area contributed by atoms with Crippen LogP contribution >= 0.6 is 0 Å². The maximum absolute atomic E-state index is 10.8. The summed E-state index contributed by atoms with van der Waals surface area (Å²) >= 11 is 0. The molecule has 0 spiro atoms. The second-order valence-corrected chi connectivity index (χ2v) is 5.26. The van der Waals surface area contributed by atoms with Crippen LogP contribution in [0.15, 0.2) is 0 Å². The maximum atomic E-state index is 10.8. The Morgan fingerprint density at radius 2 is 2.00 bits per heavy atom. The molecule has 2 bridgehead atoms. The van der Waals surface area contributed by atoms with Gasteiger partial charge in [-0.2, -0.15) is 5.26 Å². The zero-order valence-electron chi connectivity index (χ0n) is 9.32. The summed E-state index contributed by atoms with van der Waals surface area (Å²) in [6, 6.07) is 2.39. The minimum atomic E-state index is -0.903. The van der Waals surface area contributed by atoms with Gasteiger partial charge in [0.2, 0.25) is 0 Å². The van der Waals surface area contributed by atoms with Crippen molar-refractivity contribution in [3.63, 3.8) is 0 Å². The van der Waals surface area contributed by atoms with E-state index in [1.54, 1.807) is 0 Å². The Labute approximate surface area is 95.2 Å². The fourth-order valence-electron chi connectivity index (χ4n) is 3.58. The topological polar surface area (TPSA) is 62.5 Å². The Bertz CT molecular complexity index is 332. The molecule has 88 valence electrons. The summed E-state index contributed by atoms with van der Waals surface area (Å²) in [7, 11) is 0. The van der Waals surface area contributed by atoms with Crippen molar-refractivity contribution in [2.24, 2.45) is 5.41 Å². The Morgan fingerprint density at radius 1 is 1.25 bits per heavy atom. The molecular weight excluding hydrogens is 206 g/mol. The number of ether oxygens (including phenoxy) is 2. The zero-order valence-corrected chi connectivity index (χ0v) is 9.32. The van der Waals surface area contributed by atoms with Crippen LogP contribution in [0.2, 0.25) is 0 Å². The highest BCUT2D eigenvalue weighted by Gasteiger charge is 2.63. The van der Waals surface area contributed by atoms with E-state index >= 15 is 0 Å². The average molecular weight is 223 g/mol. The SMILES string of the molecule is N#CC1(C2(O)CCOCC2)CC2CCC1O2. The van der Waals surface area contributed by atoms with E-state index in [-0.39, 0.29) is 12.2 Å². The van der Waals surface area contributed by atoms with Crippen molar-refractivity contribution in [2.75, 3.05) is 13.2 Å². The molecule has 0 saturated carbocycles. The molecule has 0 amide bonds. The van der Waals surface area contributed by atoms with Gasteiger partial charge in [0.15, 0.2) is 0 Å². The molecule has 3 saturated heterocycles. The van der Waals surface area contributed by atoms with E-state index < -0.39 is 11.0 Å². The first-order valence-electron chi connectivity index (χ1n) is 6.07. The lowest BCUT2D eigenvalue weighted by atomic mass is 9.61. The Morgan fingerprint density at radius 3 is 2.50 bits per heavy atom. The quantitative estimate of drug-likeness (QED) is 0.720. The van der Waals surface area contributed by atoms with Gasteiger partial charge in [-0.15, -0.1) is 0 Å². The summed E-state index contributed by atoms with van der Waals surface area (Å²) in [5.41, 5.74) is -1.58. The van der Waals surface area contributed by atoms with Crippen LogP contribution in [0.5, 0.6) is 0 Å². The molecule has 3 aliphatic heterocycles. The molecule has 3 atom stereocenters. The summed E-state index contributed by atoms with van der Waals surface area (Å²) < 4.78 is 11.1. The first kappa shape index (κ1) is 10.5. The largest absolute Gasteiger partial charge is 0.388 e. The second-order valence-electron chi connectivity index (χ2n) is 5.26. The van der Waals surface area contributed by atoms with Crippen LogP contribution in [-0.2, 0) is 9.47 Å². The van der Waals surface area contributed by atoms with Gasteiger partial charge in [0, 0.05) is 26.1 Å². The first-order chi connectivity index (χ1) is 7.70. The molecule has 3 unspecified atom stereocenters. The Hall–Kier alpha value is -0.630. The van der Waals surface area contributed by atoms with Gasteiger partial charge in [-0.1, -0.05) is 0 Å². The predicted molar refractivity (Wildman–Crippen MR) is 55.6 cm³/mol. The third-order valence-electron chi connectivity index (χ3n) is 4.56. The van der Waals surface area contributed by atoms with Crippen LogP contribution in [0.1, 0.15) is 32.1 Å². The number of fused-ring (bicyclic) bond motifs is 2. The van der Waals surface area contributed by atoms with Crippen LogP contribution in [0.25, 0.3) is 0 Å². The molecule has 3 aliphatic rings. The summed E-state index contributed by atoms with van der Waals surface area (Å²) in [6.45, 7) is 1.11. The number of nitrogens with zero attached hydrogens (tertiary/aromatic N) is 1. The van der Waals surface area contributed by atoms with Gasteiger partial charge in [-0.3, -0.25) is 0 Å². The third kappa shape index (κ3) is 1.20. The molecular formula is C12H17NO3. The normalized spacial score (nSPS) is 45.5. The van der Waals surface area contributed by atoms with Gasteiger partial charge in [0.25, 0.3) is 0 Å². The smallest absolute Gasteiger partial charge is 0.115 e. The molecule has 4 nitrogen and oxygen atoms in total. The minimum absolute atomic E-state index is 0.0643. The third-order valence-corrected chi connectivity index (χ3v) is 4.56. The Balaban J connectivity index is 1.93. The molecule has 1 N–H and O–H groups in total. The van der Waals surface area contributed by atoms with E-state index in [9.17, 15) is 10.4 Å².